The molecule has 0 heterocycles. The molecule has 0 spiro atoms. The molecule has 17 heavy (non-hydrogen) atoms. The maximum Gasteiger partial charge on any atom is 0.241 e. The minimum absolute atomic E-state index is 0.267. The van der Waals surface area contributed by atoms with Gasteiger partial charge >= 0.3 is 0 Å². The van der Waals surface area contributed by atoms with Crippen molar-refractivity contribution >= 4 is 37.6 Å². The number of rotatable bonds is 4. The van der Waals surface area contributed by atoms with Gasteiger partial charge in [0.1, 0.15) is 0 Å². The molecule has 0 aromatic heterocycles. The second-order valence-corrected chi connectivity index (χ2v) is 7.20. The van der Waals surface area contributed by atoms with Crippen LogP contribution in [0.15, 0.2) is 33.6 Å². The van der Waals surface area contributed by atoms with Gasteiger partial charge in [-0.25, -0.2) is 13.1 Å². The maximum atomic E-state index is 12.2. The molecule has 1 saturated carbocycles. The third-order valence-electron chi connectivity index (χ3n) is 3.02. The van der Waals surface area contributed by atoms with Crippen molar-refractivity contribution in [3.63, 3.8) is 0 Å². The summed E-state index contributed by atoms with van der Waals surface area (Å²) in [4.78, 5) is 0.267. The van der Waals surface area contributed by atoms with E-state index in [2.05, 4.69) is 20.7 Å². The topological polar surface area (TPSA) is 46.2 Å². The maximum absolute atomic E-state index is 12.2. The Morgan fingerprint density at radius 3 is 2.59 bits per heavy atom. The smallest absolute Gasteiger partial charge is 0.207 e. The SMILES string of the molecule is O=S(=O)(NC1(CCl)CCC1)c1cccc(Br)c1. The summed E-state index contributed by atoms with van der Waals surface area (Å²) in [5.41, 5.74) is -0.442. The summed E-state index contributed by atoms with van der Waals surface area (Å²) in [5.74, 6) is 0.320. The van der Waals surface area contributed by atoms with Crippen LogP contribution < -0.4 is 4.72 Å². The summed E-state index contributed by atoms with van der Waals surface area (Å²) in [5, 5.41) is 0. The number of sulfonamides is 1. The predicted octanol–water partition coefficient (Wildman–Crippen LogP) is 2.89. The molecule has 0 aliphatic heterocycles. The summed E-state index contributed by atoms with van der Waals surface area (Å²) < 4.78 is 27.8. The van der Waals surface area contributed by atoms with Crippen molar-refractivity contribution in [2.75, 3.05) is 5.88 Å². The highest BCUT2D eigenvalue weighted by Gasteiger charge is 2.40. The molecule has 1 N–H and O–H groups in total. The molecule has 1 aliphatic carbocycles. The van der Waals surface area contributed by atoms with E-state index in [-0.39, 0.29) is 4.90 Å². The molecule has 0 atom stereocenters. The van der Waals surface area contributed by atoms with Crippen LogP contribution in [0.1, 0.15) is 19.3 Å². The van der Waals surface area contributed by atoms with Crippen molar-refractivity contribution in [3.05, 3.63) is 28.7 Å². The molecule has 0 radical (unpaired) electrons. The molecule has 1 aliphatic rings. The van der Waals surface area contributed by atoms with Crippen LogP contribution in [0.3, 0.4) is 0 Å². The average molecular weight is 339 g/mol. The second kappa shape index (κ2) is 4.88. The quantitative estimate of drug-likeness (QED) is 0.858. The van der Waals surface area contributed by atoms with Crippen molar-refractivity contribution in [2.24, 2.45) is 0 Å². The van der Waals surface area contributed by atoms with Gasteiger partial charge in [0.15, 0.2) is 0 Å². The van der Waals surface area contributed by atoms with E-state index in [1.807, 2.05) is 0 Å². The van der Waals surface area contributed by atoms with Gasteiger partial charge < -0.3 is 0 Å². The number of hydrogen-bond acceptors (Lipinski definition) is 2. The van der Waals surface area contributed by atoms with E-state index < -0.39 is 15.6 Å². The number of alkyl halides is 1. The molecule has 6 heteroatoms. The van der Waals surface area contributed by atoms with Crippen molar-refractivity contribution in [1.82, 2.24) is 4.72 Å². The molecular weight excluding hydrogens is 326 g/mol. The van der Waals surface area contributed by atoms with E-state index in [0.717, 1.165) is 23.7 Å². The lowest BCUT2D eigenvalue weighted by Gasteiger charge is -2.40. The number of hydrogen-bond donors (Lipinski definition) is 1. The van der Waals surface area contributed by atoms with Crippen LogP contribution in [0.2, 0.25) is 0 Å². The zero-order valence-electron chi connectivity index (χ0n) is 9.12. The Kier molecular flexibility index (Phi) is 3.83. The van der Waals surface area contributed by atoms with E-state index in [1.54, 1.807) is 24.3 Å². The van der Waals surface area contributed by atoms with Gasteiger partial charge in [0.05, 0.1) is 4.90 Å². The molecule has 1 aromatic rings. The summed E-state index contributed by atoms with van der Waals surface area (Å²) in [7, 11) is -3.48. The fourth-order valence-corrected chi connectivity index (χ4v) is 4.31. The molecule has 1 fully saturated rings. The number of nitrogens with one attached hydrogen (secondary N) is 1. The Hall–Kier alpha value is -0.100. The lowest BCUT2D eigenvalue weighted by molar-refractivity contribution is 0.252. The molecular formula is C11H13BrClNO2S. The van der Waals surface area contributed by atoms with Gasteiger partial charge in [-0.2, -0.15) is 0 Å². The van der Waals surface area contributed by atoms with Crippen molar-refractivity contribution in [3.8, 4) is 0 Å². The standard InChI is InChI=1S/C11H13BrClNO2S/c12-9-3-1-4-10(7-9)17(15,16)14-11(8-13)5-2-6-11/h1,3-4,7,14H,2,5-6,8H2. The van der Waals surface area contributed by atoms with Gasteiger partial charge in [0, 0.05) is 15.9 Å². The van der Waals surface area contributed by atoms with Crippen molar-refractivity contribution < 1.29 is 8.42 Å². The van der Waals surface area contributed by atoms with Crippen LogP contribution in [0.4, 0.5) is 0 Å². The Bertz CT molecular complexity index is 508. The van der Waals surface area contributed by atoms with E-state index in [9.17, 15) is 8.42 Å². The van der Waals surface area contributed by atoms with Gasteiger partial charge in [-0.15, -0.1) is 11.6 Å². The van der Waals surface area contributed by atoms with Crippen LogP contribution in [-0.2, 0) is 10.0 Å². The van der Waals surface area contributed by atoms with Gasteiger partial charge in [0.25, 0.3) is 0 Å². The first kappa shape index (κ1) is 13.3. The van der Waals surface area contributed by atoms with Crippen molar-refractivity contribution in [1.29, 1.82) is 0 Å². The van der Waals surface area contributed by atoms with Crippen molar-refractivity contribution in [2.45, 2.75) is 29.7 Å². The predicted molar refractivity (Wildman–Crippen MR) is 71.8 cm³/mol. The van der Waals surface area contributed by atoms with Gasteiger partial charge in [-0.05, 0) is 37.5 Å². The fourth-order valence-electron chi connectivity index (χ4n) is 1.84. The fraction of sp³-hybridized carbons (Fsp3) is 0.455. The summed E-state index contributed by atoms with van der Waals surface area (Å²) in [6.07, 6.45) is 2.64. The third-order valence-corrected chi connectivity index (χ3v) is 5.60. The van der Waals surface area contributed by atoms with E-state index in [0.29, 0.717) is 5.88 Å². The van der Waals surface area contributed by atoms with E-state index in [4.69, 9.17) is 11.6 Å². The minimum atomic E-state index is -3.48. The molecule has 0 amide bonds. The van der Waals surface area contributed by atoms with E-state index in [1.165, 1.54) is 0 Å². The lowest BCUT2D eigenvalue weighted by atomic mass is 9.79. The molecule has 1 aromatic carbocycles. The molecule has 3 nitrogen and oxygen atoms in total. The summed E-state index contributed by atoms with van der Waals surface area (Å²) >= 11 is 9.11. The normalized spacial score (nSPS) is 18.7. The zero-order chi connectivity index (χ0) is 12.5. The Labute approximate surface area is 115 Å². The Morgan fingerprint density at radius 2 is 2.12 bits per heavy atom. The zero-order valence-corrected chi connectivity index (χ0v) is 12.3. The highest BCUT2D eigenvalue weighted by Crippen LogP contribution is 2.34. The lowest BCUT2D eigenvalue weighted by Crippen LogP contribution is -2.54. The number of halogens is 2. The number of benzene rings is 1. The monoisotopic (exact) mass is 337 g/mol. The largest absolute Gasteiger partial charge is 0.241 e. The first-order valence-corrected chi connectivity index (χ1v) is 8.14. The summed E-state index contributed by atoms with van der Waals surface area (Å²) in [6, 6.07) is 6.66. The Balaban J connectivity index is 2.25. The highest BCUT2D eigenvalue weighted by molar-refractivity contribution is 9.10. The molecule has 2 rings (SSSR count). The average Bonchev–Trinajstić information content (AvgIpc) is 2.24. The van der Waals surface area contributed by atoms with Crippen LogP contribution in [0.5, 0.6) is 0 Å². The highest BCUT2D eigenvalue weighted by atomic mass is 79.9. The first-order valence-electron chi connectivity index (χ1n) is 5.33. The first-order chi connectivity index (χ1) is 7.97. The second-order valence-electron chi connectivity index (χ2n) is 4.33. The van der Waals surface area contributed by atoms with Gasteiger partial charge in [-0.3, -0.25) is 0 Å². The van der Waals surface area contributed by atoms with Crippen LogP contribution in [0.25, 0.3) is 0 Å². The molecule has 0 saturated heterocycles. The Morgan fingerprint density at radius 1 is 1.41 bits per heavy atom. The molecule has 94 valence electrons. The molecule has 0 bridgehead atoms. The van der Waals surface area contributed by atoms with Crippen LogP contribution in [-0.4, -0.2) is 19.8 Å². The molecule has 0 unspecified atom stereocenters. The summed E-state index contributed by atoms with van der Waals surface area (Å²) in [6.45, 7) is 0. The van der Waals surface area contributed by atoms with Gasteiger partial charge in [-0.1, -0.05) is 22.0 Å². The minimum Gasteiger partial charge on any atom is -0.207 e. The van der Waals surface area contributed by atoms with Crippen LogP contribution in [0, 0.1) is 0 Å². The van der Waals surface area contributed by atoms with Gasteiger partial charge in [0.2, 0.25) is 10.0 Å². The third kappa shape index (κ3) is 2.84. The van der Waals surface area contributed by atoms with Crippen LogP contribution >= 0.6 is 27.5 Å². The van der Waals surface area contributed by atoms with E-state index >= 15 is 0 Å².